The summed E-state index contributed by atoms with van der Waals surface area (Å²) >= 11 is 6.04. The number of phenols is 1. The van der Waals surface area contributed by atoms with Gasteiger partial charge in [0.05, 0.1) is 12.0 Å². The van der Waals surface area contributed by atoms with Crippen LogP contribution in [0.1, 0.15) is 11.1 Å². The molecule has 0 bridgehead atoms. The lowest BCUT2D eigenvalue weighted by Gasteiger charge is -2.08. The van der Waals surface area contributed by atoms with Crippen LogP contribution in [-0.2, 0) is 6.42 Å². The molecule has 0 amide bonds. The molecule has 2 rings (SSSR count). The number of phenolic OH excluding ortho intramolecular Hbond substituents is 1. The molecular formula is C14H12ClNO4. The van der Waals surface area contributed by atoms with Crippen molar-refractivity contribution in [1.82, 2.24) is 0 Å². The van der Waals surface area contributed by atoms with E-state index in [1.807, 2.05) is 0 Å². The molecule has 104 valence electrons. The van der Waals surface area contributed by atoms with Crippen LogP contribution in [0.5, 0.6) is 11.5 Å². The van der Waals surface area contributed by atoms with Gasteiger partial charge in [-0.2, -0.15) is 0 Å². The maximum Gasteiger partial charge on any atom is 0.269 e. The van der Waals surface area contributed by atoms with E-state index in [0.717, 1.165) is 0 Å². The van der Waals surface area contributed by atoms with E-state index in [4.69, 9.17) is 16.3 Å². The normalized spacial score (nSPS) is 10.3. The predicted molar refractivity (Wildman–Crippen MR) is 75.6 cm³/mol. The van der Waals surface area contributed by atoms with E-state index in [0.29, 0.717) is 21.9 Å². The fourth-order valence-corrected chi connectivity index (χ4v) is 2.03. The lowest BCUT2D eigenvalue weighted by Crippen LogP contribution is -1.95. The quantitative estimate of drug-likeness (QED) is 0.691. The number of methoxy groups -OCH3 is 1. The van der Waals surface area contributed by atoms with E-state index in [1.54, 1.807) is 12.1 Å². The van der Waals surface area contributed by atoms with E-state index in [9.17, 15) is 15.2 Å². The first kappa shape index (κ1) is 14.1. The third-order valence-corrected chi connectivity index (χ3v) is 3.28. The largest absolute Gasteiger partial charge is 0.508 e. The second-order valence-electron chi connectivity index (χ2n) is 4.20. The molecule has 0 unspecified atom stereocenters. The van der Waals surface area contributed by atoms with E-state index in [-0.39, 0.29) is 17.9 Å². The summed E-state index contributed by atoms with van der Waals surface area (Å²) in [5, 5.41) is 21.0. The van der Waals surface area contributed by atoms with E-state index < -0.39 is 4.92 Å². The zero-order chi connectivity index (χ0) is 14.7. The minimum atomic E-state index is -0.481. The number of nitrogens with zero attached hydrogens (tertiary/aromatic N) is 1. The molecule has 0 aliphatic rings. The van der Waals surface area contributed by atoms with Gasteiger partial charge in [0.1, 0.15) is 11.5 Å². The Kier molecular flexibility index (Phi) is 4.10. The zero-order valence-electron chi connectivity index (χ0n) is 10.7. The van der Waals surface area contributed by atoms with Crippen LogP contribution in [0, 0.1) is 10.1 Å². The first-order chi connectivity index (χ1) is 9.51. The standard InChI is InChI=1S/C14H12ClNO4/c1-20-12-3-5-14(17)10(8-12)6-9-7-11(16(18)19)2-4-13(9)15/h2-5,7-8,17H,6H2,1H3. The number of hydrogen-bond donors (Lipinski definition) is 1. The summed E-state index contributed by atoms with van der Waals surface area (Å²) in [5.41, 5.74) is 1.13. The topological polar surface area (TPSA) is 72.6 Å². The average Bonchev–Trinajstić information content (AvgIpc) is 2.43. The van der Waals surface area contributed by atoms with Crippen LogP contribution in [0.15, 0.2) is 36.4 Å². The number of ether oxygens (including phenoxy) is 1. The van der Waals surface area contributed by atoms with Gasteiger partial charge in [0.25, 0.3) is 5.69 Å². The summed E-state index contributed by atoms with van der Waals surface area (Å²) < 4.78 is 5.09. The third-order valence-electron chi connectivity index (χ3n) is 2.91. The number of nitro groups is 1. The number of nitro benzene ring substituents is 1. The molecule has 0 aliphatic heterocycles. The smallest absolute Gasteiger partial charge is 0.269 e. The number of halogens is 1. The molecule has 0 aromatic heterocycles. The van der Waals surface area contributed by atoms with Gasteiger partial charge in [-0.3, -0.25) is 10.1 Å². The molecule has 2 aromatic carbocycles. The highest BCUT2D eigenvalue weighted by atomic mass is 35.5. The zero-order valence-corrected chi connectivity index (χ0v) is 11.4. The van der Waals surface area contributed by atoms with Gasteiger partial charge < -0.3 is 9.84 Å². The molecule has 20 heavy (non-hydrogen) atoms. The maximum absolute atomic E-state index is 10.8. The van der Waals surface area contributed by atoms with Gasteiger partial charge in [0.2, 0.25) is 0 Å². The number of benzene rings is 2. The van der Waals surface area contributed by atoms with Crippen molar-refractivity contribution in [2.45, 2.75) is 6.42 Å². The fourth-order valence-electron chi connectivity index (χ4n) is 1.85. The lowest BCUT2D eigenvalue weighted by molar-refractivity contribution is -0.384. The van der Waals surface area contributed by atoms with Crippen LogP contribution in [-0.4, -0.2) is 17.1 Å². The highest BCUT2D eigenvalue weighted by Crippen LogP contribution is 2.29. The average molecular weight is 294 g/mol. The highest BCUT2D eigenvalue weighted by Gasteiger charge is 2.12. The summed E-state index contributed by atoms with van der Waals surface area (Å²) in [6.07, 6.45) is 0.281. The molecule has 0 saturated heterocycles. The Bertz CT molecular complexity index is 658. The van der Waals surface area contributed by atoms with Crippen molar-refractivity contribution >= 4 is 17.3 Å². The van der Waals surface area contributed by atoms with E-state index in [2.05, 4.69) is 0 Å². The number of aromatic hydroxyl groups is 1. The van der Waals surface area contributed by atoms with Gasteiger partial charge in [0, 0.05) is 29.1 Å². The molecule has 0 aliphatic carbocycles. The number of non-ortho nitro benzene ring substituents is 1. The van der Waals surface area contributed by atoms with E-state index in [1.165, 1.54) is 31.4 Å². The maximum atomic E-state index is 10.8. The van der Waals surface area contributed by atoms with Crippen molar-refractivity contribution in [1.29, 1.82) is 0 Å². The Balaban J connectivity index is 2.38. The van der Waals surface area contributed by atoms with Crippen molar-refractivity contribution in [3.63, 3.8) is 0 Å². The molecule has 0 atom stereocenters. The summed E-state index contributed by atoms with van der Waals surface area (Å²) in [5.74, 6) is 0.688. The van der Waals surface area contributed by atoms with Crippen LogP contribution < -0.4 is 4.74 Å². The molecule has 0 fully saturated rings. The SMILES string of the molecule is COc1ccc(O)c(Cc2cc([N+](=O)[O-])ccc2Cl)c1. The monoisotopic (exact) mass is 293 g/mol. The van der Waals surface area contributed by atoms with Gasteiger partial charge in [-0.15, -0.1) is 0 Å². The Morgan fingerprint density at radius 2 is 2.00 bits per heavy atom. The van der Waals surface area contributed by atoms with Gasteiger partial charge in [0.15, 0.2) is 0 Å². The van der Waals surface area contributed by atoms with Gasteiger partial charge in [-0.1, -0.05) is 11.6 Å². The Hall–Kier alpha value is -2.27. The first-order valence-corrected chi connectivity index (χ1v) is 6.17. The summed E-state index contributed by atoms with van der Waals surface area (Å²) in [6.45, 7) is 0. The van der Waals surface area contributed by atoms with E-state index >= 15 is 0 Å². The molecule has 0 heterocycles. The van der Waals surface area contributed by atoms with Crippen molar-refractivity contribution in [3.8, 4) is 11.5 Å². The van der Waals surface area contributed by atoms with Crippen molar-refractivity contribution in [2.24, 2.45) is 0 Å². The summed E-state index contributed by atoms with van der Waals surface area (Å²) in [6, 6.07) is 9.04. The molecular weight excluding hydrogens is 282 g/mol. The lowest BCUT2D eigenvalue weighted by atomic mass is 10.0. The molecule has 0 saturated carbocycles. The van der Waals surface area contributed by atoms with Crippen LogP contribution in [0.3, 0.4) is 0 Å². The predicted octanol–water partition coefficient (Wildman–Crippen LogP) is 3.55. The molecule has 0 spiro atoms. The van der Waals surface area contributed by atoms with Gasteiger partial charge in [-0.25, -0.2) is 0 Å². The molecule has 5 nitrogen and oxygen atoms in total. The first-order valence-electron chi connectivity index (χ1n) is 5.80. The van der Waals surface area contributed by atoms with Gasteiger partial charge >= 0.3 is 0 Å². The van der Waals surface area contributed by atoms with Gasteiger partial charge in [-0.05, 0) is 29.8 Å². The second-order valence-corrected chi connectivity index (χ2v) is 4.61. The van der Waals surface area contributed by atoms with Crippen molar-refractivity contribution in [2.75, 3.05) is 7.11 Å². The minimum Gasteiger partial charge on any atom is -0.508 e. The molecule has 6 heteroatoms. The Morgan fingerprint density at radius 3 is 2.65 bits per heavy atom. The minimum absolute atomic E-state index is 0.0354. The van der Waals surface area contributed by atoms with Crippen LogP contribution >= 0.6 is 11.6 Å². The van der Waals surface area contributed by atoms with Crippen molar-refractivity contribution < 1.29 is 14.8 Å². The van der Waals surface area contributed by atoms with Crippen LogP contribution in [0.25, 0.3) is 0 Å². The fraction of sp³-hybridized carbons (Fsp3) is 0.143. The summed E-state index contributed by atoms with van der Waals surface area (Å²) in [4.78, 5) is 10.3. The molecule has 2 aromatic rings. The highest BCUT2D eigenvalue weighted by molar-refractivity contribution is 6.31. The van der Waals surface area contributed by atoms with Crippen molar-refractivity contribution in [3.05, 3.63) is 62.7 Å². The molecule has 0 radical (unpaired) electrons. The second kappa shape index (κ2) is 5.79. The Morgan fingerprint density at radius 1 is 1.25 bits per heavy atom. The molecule has 1 N–H and O–H groups in total. The van der Waals surface area contributed by atoms with Crippen LogP contribution in [0.2, 0.25) is 5.02 Å². The third kappa shape index (κ3) is 3.00. The van der Waals surface area contributed by atoms with Crippen LogP contribution in [0.4, 0.5) is 5.69 Å². The number of hydrogen-bond acceptors (Lipinski definition) is 4. The number of rotatable bonds is 4. The summed E-state index contributed by atoms with van der Waals surface area (Å²) in [7, 11) is 1.52. The Labute approximate surface area is 120 Å².